The molecule has 0 atom stereocenters. The van der Waals surface area contributed by atoms with Crippen LogP contribution in [0.5, 0.6) is 0 Å². The number of H-pyrrole nitrogens is 1. The molecule has 0 aliphatic heterocycles. The van der Waals surface area contributed by atoms with Crippen molar-refractivity contribution < 1.29 is 0 Å². The van der Waals surface area contributed by atoms with Gasteiger partial charge in [0.15, 0.2) is 0 Å². The van der Waals surface area contributed by atoms with Gasteiger partial charge in [-0.2, -0.15) is 0 Å². The van der Waals surface area contributed by atoms with Crippen molar-refractivity contribution in [2.24, 2.45) is 0 Å². The number of nitrogens with two attached hydrogens (primary N) is 1. The molecule has 0 amide bonds. The van der Waals surface area contributed by atoms with Crippen molar-refractivity contribution in [3.63, 3.8) is 0 Å². The molecule has 0 aliphatic carbocycles. The number of rotatable bonds is 1. The van der Waals surface area contributed by atoms with Gasteiger partial charge in [0, 0.05) is 15.1 Å². The van der Waals surface area contributed by atoms with Gasteiger partial charge in [-0.05, 0) is 42.8 Å². The number of hydrogen-bond donors (Lipinski definition) is 2. The van der Waals surface area contributed by atoms with Crippen molar-refractivity contribution in [3.8, 4) is 11.4 Å². The average molecular weight is 337 g/mol. The summed E-state index contributed by atoms with van der Waals surface area (Å²) in [5, 5.41) is 0.604. The normalized spacial score (nSPS) is 11.1. The van der Waals surface area contributed by atoms with Crippen molar-refractivity contribution in [1.29, 1.82) is 0 Å². The lowest BCUT2D eigenvalue weighted by Crippen LogP contribution is -1.87. The van der Waals surface area contributed by atoms with Crippen molar-refractivity contribution in [2.45, 2.75) is 6.92 Å². The molecule has 19 heavy (non-hydrogen) atoms. The number of halogens is 2. The van der Waals surface area contributed by atoms with Gasteiger partial charge in [0.25, 0.3) is 0 Å². The van der Waals surface area contributed by atoms with Crippen LogP contribution in [-0.4, -0.2) is 9.97 Å². The van der Waals surface area contributed by atoms with Crippen molar-refractivity contribution >= 4 is 44.3 Å². The van der Waals surface area contributed by atoms with Gasteiger partial charge in [0.2, 0.25) is 0 Å². The van der Waals surface area contributed by atoms with Crippen LogP contribution in [0.4, 0.5) is 5.69 Å². The maximum absolute atomic E-state index is 6.00. The quantitative estimate of drug-likeness (QED) is 0.641. The predicted octanol–water partition coefficient (Wildman–Crippen LogP) is 4.54. The van der Waals surface area contributed by atoms with E-state index in [4.69, 9.17) is 17.3 Å². The number of nitrogen functional groups attached to an aromatic ring is 1. The Morgan fingerprint density at radius 2 is 2.05 bits per heavy atom. The minimum atomic E-state index is 0.583. The van der Waals surface area contributed by atoms with Crippen LogP contribution in [0.15, 0.2) is 34.8 Å². The van der Waals surface area contributed by atoms with Gasteiger partial charge in [-0.1, -0.05) is 27.5 Å². The molecule has 0 saturated carbocycles. The van der Waals surface area contributed by atoms with Gasteiger partial charge >= 0.3 is 0 Å². The summed E-state index contributed by atoms with van der Waals surface area (Å²) < 4.78 is 1.05. The Kier molecular flexibility index (Phi) is 2.99. The third kappa shape index (κ3) is 2.22. The maximum atomic E-state index is 6.00. The minimum Gasteiger partial charge on any atom is -0.397 e. The second-order valence-electron chi connectivity index (χ2n) is 4.44. The molecule has 2 aromatic carbocycles. The van der Waals surface area contributed by atoms with E-state index >= 15 is 0 Å². The Morgan fingerprint density at radius 1 is 1.26 bits per heavy atom. The Hall–Kier alpha value is -1.52. The predicted molar refractivity (Wildman–Crippen MR) is 83.4 cm³/mol. The highest BCUT2D eigenvalue weighted by molar-refractivity contribution is 9.10. The van der Waals surface area contributed by atoms with Crippen LogP contribution in [0.1, 0.15) is 5.56 Å². The van der Waals surface area contributed by atoms with Crippen LogP contribution >= 0.6 is 27.5 Å². The molecule has 3 aromatic rings. The molecule has 0 fully saturated rings. The summed E-state index contributed by atoms with van der Waals surface area (Å²) in [4.78, 5) is 7.82. The highest BCUT2D eigenvalue weighted by atomic mass is 79.9. The van der Waals surface area contributed by atoms with Crippen LogP contribution in [-0.2, 0) is 0 Å². The van der Waals surface area contributed by atoms with E-state index in [0.717, 1.165) is 32.5 Å². The number of nitrogens with one attached hydrogen (secondary N) is 1. The van der Waals surface area contributed by atoms with Gasteiger partial charge in [0.05, 0.1) is 11.2 Å². The third-order valence-electron chi connectivity index (χ3n) is 3.02. The number of nitrogens with zero attached hydrogens (tertiary/aromatic N) is 1. The van der Waals surface area contributed by atoms with Gasteiger partial charge in [-0.3, -0.25) is 0 Å². The molecular formula is C14H11BrClN3. The number of fused-ring (bicyclic) bond motifs is 1. The number of aromatic amines is 1. The smallest absolute Gasteiger partial charge is 0.138 e. The molecule has 3 rings (SSSR count). The zero-order valence-corrected chi connectivity index (χ0v) is 12.5. The molecule has 0 radical (unpaired) electrons. The first-order valence-corrected chi connectivity index (χ1v) is 6.93. The molecule has 0 bridgehead atoms. The Bertz CT molecular complexity index is 780. The van der Waals surface area contributed by atoms with E-state index in [1.165, 1.54) is 0 Å². The van der Waals surface area contributed by atoms with E-state index in [0.29, 0.717) is 10.7 Å². The first kappa shape index (κ1) is 12.5. The summed E-state index contributed by atoms with van der Waals surface area (Å²) in [7, 11) is 0. The first-order valence-electron chi connectivity index (χ1n) is 5.76. The molecule has 0 spiro atoms. The molecule has 0 aliphatic rings. The van der Waals surface area contributed by atoms with Crippen LogP contribution in [0.2, 0.25) is 5.02 Å². The second kappa shape index (κ2) is 4.54. The molecule has 3 N–H and O–H groups in total. The maximum Gasteiger partial charge on any atom is 0.138 e. The highest BCUT2D eigenvalue weighted by Crippen LogP contribution is 2.29. The van der Waals surface area contributed by atoms with Crippen molar-refractivity contribution in [3.05, 3.63) is 45.4 Å². The summed E-state index contributed by atoms with van der Waals surface area (Å²) in [5.41, 5.74) is 10.3. The minimum absolute atomic E-state index is 0.583. The molecule has 1 aromatic heterocycles. The lowest BCUT2D eigenvalue weighted by atomic mass is 10.1. The van der Waals surface area contributed by atoms with Gasteiger partial charge in [-0.15, -0.1) is 0 Å². The molecule has 96 valence electrons. The fourth-order valence-electron chi connectivity index (χ4n) is 2.13. The number of aromatic nitrogens is 2. The van der Waals surface area contributed by atoms with Crippen molar-refractivity contribution in [1.82, 2.24) is 9.97 Å². The summed E-state index contributed by atoms with van der Waals surface area (Å²) >= 11 is 9.45. The lowest BCUT2D eigenvalue weighted by Gasteiger charge is -2.02. The monoisotopic (exact) mass is 335 g/mol. The number of hydrogen-bond acceptors (Lipinski definition) is 2. The summed E-state index contributed by atoms with van der Waals surface area (Å²) in [5.74, 6) is 0.800. The first-order chi connectivity index (χ1) is 9.04. The second-order valence-corrected chi connectivity index (χ2v) is 5.79. The van der Waals surface area contributed by atoms with E-state index in [2.05, 4.69) is 32.0 Å². The number of benzene rings is 2. The Morgan fingerprint density at radius 3 is 2.79 bits per heavy atom. The largest absolute Gasteiger partial charge is 0.397 e. The van der Waals surface area contributed by atoms with Gasteiger partial charge < -0.3 is 10.7 Å². The van der Waals surface area contributed by atoms with Crippen LogP contribution in [0, 0.1) is 6.92 Å². The summed E-state index contributed by atoms with van der Waals surface area (Å²) in [6.07, 6.45) is 0. The van der Waals surface area contributed by atoms with Gasteiger partial charge in [-0.25, -0.2) is 4.98 Å². The summed E-state index contributed by atoms with van der Waals surface area (Å²) in [6, 6.07) is 9.61. The van der Waals surface area contributed by atoms with E-state index in [1.807, 2.05) is 25.1 Å². The summed E-state index contributed by atoms with van der Waals surface area (Å²) in [6.45, 7) is 2.05. The van der Waals surface area contributed by atoms with E-state index in [-0.39, 0.29) is 0 Å². The average Bonchev–Trinajstić information content (AvgIpc) is 2.72. The molecule has 5 heteroatoms. The lowest BCUT2D eigenvalue weighted by molar-refractivity contribution is 1.30. The molecule has 1 heterocycles. The van der Waals surface area contributed by atoms with E-state index in [1.54, 1.807) is 6.07 Å². The number of imidazole rings is 1. The Balaban J connectivity index is 2.23. The van der Waals surface area contributed by atoms with Crippen molar-refractivity contribution in [2.75, 3.05) is 5.73 Å². The zero-order chi connectivity index (χ0) is 13.6. The standard InChI is InChI=1S/C14H11BrClN3/c1-7-4-8(15)2-3-10(7)14-18-12-6-9(16)5-11(17)13(12)19-14/h2-6H,17H2,1H3,(H,18,19). The zero-order valence-electron chi connectivity index (χ0n) is 10.2. The fourth-order valence-corrected chi connectivity index (χ4v) is 2.83. The van der Waals surface area contributed by atoms with Gasteiger partial charge in [0.1, 0.15) is 11.3 Å². The fraction of sp³-hybridized carbons (Fsp3) is 0.0714. The molecule has 3 nitrogen and oxygen atoms in total. The SMILES string of the molecule is Cc1cc(Br)ccc1-c1nc2c(N)cc(Cl)cc2[nH]1. The molecular weight excluding hydrogens is 326 g/mol. The Labute approximate surface area is 123 Å². The third-order valence-corrected chi connectivity index (χ3v) is 3.74. The topological polar surface area (TPSA) is 54.7 Å². The molecule has 0 unspecified atom stereocenters. The van der Waals surface area contributed by atoms with E-state index < -0.39 is 0 Å². The van der Waals surface area contributed by atoms with Crippen LogP contribution in [0.25, 0.3) is 22.4 Å². The van der Waals surface area contributed by atoms with E-state index in [9.17, 15) is 0 Å². The number of aryl methyl sites for hydroxylation is 1. The number of anilines is 1. The van der Waals surface area contributed by atoms with Crippen LogP contribution in [0.3, 0.4) is 0 Å². The highest BCUT2D eigenvalue weighted by Gasteiger charge is 2.10. The molecule has 0 saturated heterocycles. The van der Waals surface area contributed by atoms with Crippen LogP contribution < -0.4 is 5.73 Å².